The zero-order valence-electron chi connectivity index (χ0n) is 14.6. The molecule has 1 fully saturated rings. The summed E-state index contributed by atoms with van der Waals surface area (Å²) >= 11 is 5.51. The van der Waals surface area contributed by atoms with Crippen LogP contribution < -0.4 is 5.32 Å². The highest BCUT2D eigenvalue weighted by atomic mass is 32.1. The number of methoxy groups -OCH3 is 1. The van der Waals surface area contributed by atoms with E-state index in [1.54, 1.807) is 7.11 Å². The van der Waals surface area contributed by atoms with Crippen LogP contribution >= 0.6 is 12.2 Å². The lowest BCUT2D eigenvalue weighted by atomic mass is 9.97. The molecule has 2 aromatic heterocycles. The Kier molecular flexibility index (Phi) is 4.87. The Hall–Kier alpha value is -1.92. The van der Waals surface area contributed by atoms with E-state index in [1.807, 2.05) is 25.4 Å². The number of aryl methyl sites for hydroxylation is 1. The Morgan fingerprint density at radius 3 is 2.79 bits per heavy atom. The minimum absolute atomic E-state index is 0.0556. The molecule has 6 heteroatoms. The minimum Gasteiger partial charge on any atom is -0.383 e. The molecule has 2 atom stereocenters. The van der Waals surface area contributed by atoms with Gasteiger partial charge in [-0.15, -0.1) is 0 Å². The van der Waals surface area contributed by atoms with E-state index in [2.05, 4.69) is 45.7 Å². The summed E-state index contributed by atoms with van der Waals surface area (Å²) in [6, 6.07) is 8.46. The van der Waals surface area contributed by atoms with Crippen LogP contribution in [0.3, 0.4) is 0 Å². The molecule has 0 saturated carbocycles. The molecule has 1 aliphatic heterocycles. The number of hydrogen-bond donors (Lipinski definition) is 1. The molecular weight excluding hydrogens is 320 g/mol. The van der Waals surface area contributed by atoms with Crippen molar-refractivity contribution in [2.75, 3.05) is 20.8 Å². The fraction of sp³-hybridized carbons (Fsp3) is 0.444. The van der Waals surface area contributed by atoms with Gasteiger partial charge >= 0.3 is 0 Å². The van der Waals surface area contributed by atoms with Gasteiger partial charge in [-0.1, -0.05) is 6.07 Å². The van der Waals surface area contributed by atoms with Crippen molar-refractivity contribution in [2.24, 2.45) is 0 Å². The second-order valence-corrected chi connectivity index (χ2v) is 6.60. The van der Waals surface area contributed by atoms with Crippen molar-refractivity contribution in [2.45, 2.75) is 32.5 Å². The number of aromatic nitrogens is 2. The molecule has 3 rings (SSSR count). The van der Waals surface area contributed by atoms with Gasteiger partial charge in [-0.25, -0.2) is 0 Å². The fourth-order valence-corrected chi connectivity index (χ4v) is 3.74. The van der Waals surface area contributed by atoms with Crippen molar-refractivity contribution < 1.29 is 4.74 Å². The summed E-state index contributed by atoms with van der Waals surface area (Å²) in [4.78, 5) is 6.67. The first-order valence-corrected chi connectivity index (χ1v) is 8.55. The Morgan fingerprint density at radius 2 is 2.12 bits per heavy atom. The molecule has 0 aliphatic carbocycles. The van der Waals surface area contributed by atoms with Crippen LogP contribution in [0.15, 0.2) is 30.5 Å². The van der Waals surface area contributed by atoms with Gasteiger partial charge in [-0.2, -0.15) is 0 Å². The lowest BCUT2D eigenvalue weighted by Gasteiger charge is -2.24. The lowest BCUT2D eigenvalue weighted by Crippen LogP contribution is -2.25. The molecule has 0 radical (unpaired) electrons. The molecular formula is C18H24N4OS. The van der Waals surface area contributed by atoms with Crippen LogP contribution in [0.5, 0.6) is 0 Å². The van der Waals surface area contributed by atoms with Gasteiger partial charge in [-0.05, 0) is 49.8 Å². The topological polar surface area (TPSA) is 42.3 Å². The van der Waals surface area contributed by atoms with Crippen molar-refractivity contribution in [1.82, 2.24) is 19.8 Å². The molecule has 0 amide bonds. The zero-order chi connectivity index (χ0) is 17.3. The van der Waals surface area contributed by atoms with Crippen LogP contribution in [0.4, 0.5) is 0 Å². The van der Waals surface area contributed by atoms with E-state index in [1.165, 1.54) is 17.0 Å². The summed E-state index contributed by atoms with van der Waals surface area (Å²) in [5, 5.41) is 4.19. The quantitative estimate of drug-likeness (QED) is 0.845. The standard InChI is InChI=1S/C18H24N4OS/c1-12-11-14(13(2)22(12)9-10-23-4)17-16(20-18(24)21(17)3)15-7-5-6-8-19-15/h5-8,11,16-17H,9-10H2,1-4H3,(H,20,24)/t16-,17-/m1/s1. The third-order valence-corrected chi connectivity index (χ3v) is 5.20. The third-order valence-electron chi connectivity index (χ3n) is 4.79. The van der Waals surface area contributed by atoms with Crippen molar-refractivity contribution in [1.29, 1.82) is 0 Å². The molecule has 0 aromatic carbocycles. The van der Waals surface area contributed by atoms with Gasteiger partial charge in [0.15, 0.2) is 5.11 Å². The van der Waals surface area contributed by atoms with Gasteiger partial charge < -0.3 is 19.5 Å². The van der Waals surface area contributed by atoms with Crippen molar-refractivity contribution in [3.05, 3.63) is 53.1 Å². The van der Waals surface area contributed by atoms with Crippen molar-refractivity contribution >= 4 is 17.3 Å². The Bertz CT molecular complexity index is 728. The van der Waals surface area contributed by atoms with Crippen LogP contribution in [0.2, 0.25) is 0 Å². The van der Waals surface area contributed by atoms with E-state index < -0.39 is 0 Å². The Labute approximate surface area is 148 Å². The Balaban J connectivity index is 2.01. The minimum atomic E-state index is 0.0556. The maximum atomic E-state index is 5.51. The molecule has 128 valence electrons. The summed E-state index contributed by atoms with van der Waals surface area (Å²) in [6.45, 7) is 5.87. The predicted molar refractivity (Wildman–Crippen MR) is 99.0 cm³/mol. The third kappa shape index (κ3) is 2.91. The highest BCUT2D eigenvalue weighted by Gasteiger charge is 2.39. The first-order valence-electron chi connectivity index (χ1n) is 8.14. The molecule has 1 aliphatic rings. The van der Waals surface area contributed by atoms with Gasteiger partial charge in [-0.3, -0.25) is 4.98 Å². The van der Waals surface area contributed by atoms with Gasteiger partial charge in [0.25, 0.3) is 0 Å². The number of rotatable bonds is 5. The van der Waals surface area contributed by atoms with Crippen LogP contribution in [0.1, 0.15) is 34.7 Å². The average molecular weight is 344 g/mol. The zero-order valence-corrected chi connectivity index (χ0v) is 15.4. The summed E-state index contributed by atoms with van der Waals surface area (Å²) in [5.74, 6) is 0. The van der Waals surface area contributed by atoms with E-state index in [0.717, 1.165) is 17.4 Å². The van der Waals surface area contributed by atoms with Gasteiger partial charge in [0.05, 0.1) is 24.4 Å². The molecule has 1 N–H and O–H groups in total. The van der Waals surface area contributed by atoms with Crippen LogP contribution in [0.25, 0.3) is 0 Å². The maximum absolute atomic E-state index is 5.51. The second-order valence-electron chi connectivity index (χ2n) is 6.21. The second kappa shape index (κ2) is 6.91. The average Bonchev–Trinajstić information content (AvgIpc) is 3.03. The van der Waals surface area contributed by atoms with Gasteiger partial charge in [0.1, 0.15) is 0 Å². The Morgan fingerprint density at radius 1 is 1.33 bits per heavy atom. The number of pyridine rings is 1. The first kappa shape index (κ1) is 16.9. The molecule has 1 saturated heterocycles. The summed E-state index contributed by atoms with van der Waals surface area (Å²) in [5.41, 5.74) is 4.80. The molecule has 3 heterocycles. The number of likely N-dealkylation sites (N-methyl/N-ethyl adjacent to an activating group) is 1. The van der Waals surface area contributed by atoms with E-state index >= 15 is 0 Å². The summed E-state index contributed by atoms with van der Waals surface area (Å²) < 4.78 is 7.55. The summed E-state index contributed by atoms with van der Waals surface area (Å²) in [6.07, 6.45) is 1.83. The lowest BCUT2D eigenvalue weighted by molar-refractivity contribution is 0.186. The number of hydrogen-bond acceptors (Lipinski definition) is 3. The normalized spacial score (nSPS) is 20.5. The molecule has 0 spiro atoms. The molecule has 5 nitrogen and oxygen atoms in total. The number of ether oxygens (including phenoxy) is 1. The van der Waals surface area contributed by atoms with Crippen molar-refractivity contribution in [3.63, 3.8) is 0 Å². The highest BCUT2D eigenvalue weighted by molar-refractivity contribution is 7.80. The van der Waals surface area contributed by atoms with Crippen LogP contribution in [-0.2, 0) is 11.3 Å². The SMILES string of the molecule is COCCn1c(C)cc([C@@H]2[C@@H](c3ccccn3)NC(=S)N2C)c1C. The van der Waals surface area contributed by atoms with E-state index in [-0.39, 0.29) is 12.1 Å². The first-order chi connectivity index (χ1) is 11.5. The predicted octanol–water partition coefficient (Wildman–Crippen LogP) is 2.75. The smallest absolute Gasteiger partial charge is 0.169 e. The number of nitrogens with zero attached hydrogens (tertiary/aromatic N) is 3. The molecule has 2 aromatic rings. The maximum Gasteiger partial charge on any atom is 0.169 e. The van der Waals surface area contributed by atoms with Gasteiger partial charge in [0.2, 0.25) is 0 Å². The van der Waals surface area contributed by atoms with E-state index in [9.17, 15) is 0 Å². The monoisotopic (exact) mass is 344 g/mol. The fourth-order valence-electron chi connectivity index (χ4n) is 3.50. The molecule has 24 heavy (non-hydrogen) atoms. The van der Waals surface area contributed by atoms with Gasteiger partial charge in [0, 0.05) is 38.3 Å². The largest absolute Gasteiger partial charge is 0.383 e. The number of thiocarbonyl (C=S) groups is 1. The molecule has 0 bridgehead atoms. The van der Waals surface area contributed by atoms with Crippen molar-refractivity contribution in [3.8, 4) is 0 Å². The van der Waals surface area contributed by atoms with Crippen LogP contribution in [-0.4, -0.2) is 40.3 Å². The number of nitrogens with one attached hydrogen (secondary N) is 1. The highest BCUT2D eigenvalue weighted by Crippen LogP contribution is 2.39. The molecule has 0 unspecified atom stereocenters. The van der Waals surface area contributed by atoms with Crippen LogP contribution in [0, 0.1) is 13.8 Å². The summed E-state index contributed by atoms with van der Waals surface area (Å²) in [7, 11) is 3.78. The van der Waals surface area contributed by atoms with E-state index in [4.69, 9.17) is 17.0 Å². The van der Waals surface area contributed by atoms with E-state index in [0.29, 0.717) is 6.61 Å².